The molecule has 1 aromatic carbocycles. The summed E-state index contributed by atoms with van der Waals surface area (Å²) in [6, 6.07) is 12.1. The highest BCUT2D eigenvalue weighted by molar-refractivity contribution is 9.10. The largest absolute Gasteiger partial charge is 0.349 e. The summed E-state index contributed by atoms with van der Waals surface area (Å²) in [5, 5.41) is 3.67. The second-order valence-electron chi connectivity index (χ2n) is 3.76. The van der Waals surface area contributed by atoms with Crippen LogP contribution in [0.3, 0.4) is 0 Å². The van der Waals surface area contributed by atoms with Crippen molar-refractivity contribution in [1.29, 1.82) is 0 Å². The van der Waals surface area contributed by atoms with Gasteiger partial charge in [0.15, 0.2) is 0 Å². The van der Waals surface area contributed by atoms with E-state index in [-0.39, 0.29) is 0 Å². The third-order valence-corrected chi connectivity index (χ3v) is 4.28. The van der Waals surface area contributed by atoms with Gasteiger partial charge in [0.2, 0.25) is 0 Å². The number of pyridine rings is 1. The smallest absolute Gasteiger partial charge is 0.121 e. The SMILES string of the molecule is Clc1cc(Br)cnc1Sc1cc2ccccc2[nH]1. The Hall–Kier alpha value is -0.970. The number of hydrogen-bond acceptors (Lipinski definition) is 2. The second-order valence-corrected chi connectivity index (χ2v) is 6.12. The molecule has 0 saturated carbocycles. The first-order valence-corrected chi connectivity index (χ1v) is 7.28. The zero-order chi connectivity index (χ0) is 12.5. The quantitative estimate of drug-likeness (QED) is 0.701. The summed E-state index contributed by atoms with van der Waals surface area (Å²) in [7, 11) is 0. The first kappa shape index (κ1) is 12.1. The van der Waals surface area contributed by atoms with Crippen molar-refractivity contribution in [2.75, 3.05) is 0 Å². The van der Waals surface area contributed by atoms with E-state index in [2.05, 4.69) is 44.1 Å². The summed E-state index contributed by atoms with van der Waals surface area (Å²) < 4.78 is 0.883. The van der Waals surface area contributed by atoms with Gasteiger partial charge in [-0.2, -0.15) is 0 Å². The van der Waals surface area contributed by atoms with Gasteiger partial charge >= 0.3 is 0 Å². The summed E-state index contributed by atoms with van der Waals surface area (Å²) in [4.78, 5) is 7.65. The lowest BCUT2D eigenvalue weighted by molar-refractivity contribution is 1.11. The van der Waals surface area contributed by atoms with Gasteiger partial charge in [-0.3, -0.25) is 0 Å². The molecule has 0 amide bonds. The van der Waals surface area contributed by atoms with Crippen LogP contribution in [0.25, 0.3) is 10.9 Å². The highest BCUT2D eigenvalue weighted by Gasteiger charge is 2.07. The van der Waals surface area contributed by atoms with Crippen LogP contribution in [-0.2, 0) is 0 Å². The normalized spacial score (nSPS) is 11.0. The second kappa shape index (κ2) is 4.96. The number of aromatic nitrogens is 2. The fourth-order valence-corrected chi connectivity index (χ4v) is 3.25. The zero-order valence-corrected chi connectivity index (χ0v) is 12.3. The van der Waals surface area contributed by atoms with Crippen molar-refractivity contribution in [3.8, 4) is 0 Å². The van der Waals surface area contributed by atoms with Crippen LogP contribution < -0.4 is 0 Å². The Morgan fingerprint density at radius 3 is 2.83 bits per heavy atom. The maximum atomic E-state index is 6.15. The van der Waals surface area contributed by atoms with Gasteiger partial charge in [-0.15, -0.1) is 0 Å². The topological polar surface area (TPSA) is 28.7 Å². The van der Waals surface area contributed by atoms with Crippen LogP contribution in [0.15, 0.2) is 57.1 Å². The molecule has 0 saturated heterocycles. The molecule has 0 unspecified atom stereocenters. The van der Waals surface area contributed by atoms with E-state index < -0.39 is 0 Å². The highest BCUT2D eigenvalue weighted by atomic mass is 79.9. The van der Waals surface area contributed by atoms with Gasteiger partial charge in [0.1, 0.15) is 5.03 Å². The zero-order valence-electron chi connectivity index (χ0n) is 9.15. The third-order valence-electron chi connectivity index (χ3n) is 2.49. The van der Waals surface area contributed by atoms with Crippen LogP contribution in [0.4, 0.5) is 0 Å². The average Bonchev–Trinajstić information content (AvgIpc) is 2.75. The maximum absolute atomic E-state index is 6.15. The molecule has 3 aromatic rings. The number of benzene rings is 1. The van der Waals surface area contributed by atoms with Crippen LogP contribution >= 0.6 is 39.3 Å². The summed E-state index contributed by atoms with van der Waals surface area (Å²) in [6.45, 7) is 0. The summed E-state index contributed by atoms with van der Waals surface area (Å²) in [6.07, 6.45) is 1.75. The number of fused-ring (bicyclic) bond motifs is 1. The van der Waals surface area contributed by atoms with Gasteiger partial charge in [-0.05, 0) is 34.1 Å². The molecule has 0 aliphatic heterocycles. The number of rotatable bonds is 2. The van der Waals surface area contributed by atoms with Gasteiger partial charge in [0.25, 0.3) is 0 Å². The molecule has 0 radical (unpaired) electrons. The lowest BCUT2D eigenvalue weighted by atomic mass is 10.3. The van der Waals surface area contributed by atoms with Crippen molar-refractivity contribution in [3.05, 3.63) is 52.1 Å². The Labute approximate surface area is 122 Å². The van der Waals surface area contributed by atoms with E-state index in [0.717, 1.165) is 20.0 Å². The molecule has 5 heteroatoms. The molecule has 1 N–H and O–H groups in total. The number of nitrogens with zero attached hydrogens (tertiary/aromatic N) is 1. The first-order valence-electron chi connectivity index (χ1n) is 5.29. The van der Waals surface area contributed by atoms with E-state index in [1.807, 2.05) is 18.2 Å². The molecule has 2 nitrogen and oxygen atoms in total. The number of aromatic amines is 1. The van der Waals surface area contributed by atoms with Crippen LogP contribution in [0, 0.1) is 0 Å². The molecule has 2 aromatic heterocycles. The predicted octanol–water partition coefficient (Wildman–Crippen LogP) is 5.13. The Bertz CT molecular complexity index is 678. The number of nitrogens with one attached hydrogen (secondary N) is 1. The first-order chi connectivity index (χ1) is 8.72. The Morgan fingerprint density at radius 1 is 1.22 bits per heavy atom. The summed E-state index contributed by atoms with van der Waals surface area (Å²) in [5.41, 5.74) is 1.12. The molecule has 0 spiro atoms. The van der Waals surface area contributed by atoms with Crippen molar-refractivity contribution in [2.45, 2.75) is 10.1 Å². The van der Waals surface area contributed by atoms with Crippen molar-refractivity contribution < 1.29 is 0 Å². The lowest BCUT2D eigenvalue weighted by Crippen LogP contribution is -1.81. The molecule has 0 aliphatic rings. The highest BCUT2D eigenvalue weighted by Crippen LogP contribution is 2.33. The molecule has 2 heterocycles. The third kappa shape index (κ3) is 2.41. The summed E-state index contributed by atoms with van der Waals surface area (Å²) >= 11 is 11.0. The van der Waals surface area contributed by atoms with Gasteiger partial charge in [-0.1, -0.05) is 41.6 Å². The van der Waals surface area contributed by atoms with Gasteiger partial charge in [0, 0.05) is 21.6 Å². The van der Waals surface area contributed by atoms with Crippen LogP contribution in [0.5, 0.6) is 0 Å². The standard InChI is InChI=1S/C13H8BrClN2S/c14-9-6-10(15)13(16-7-9)18-12-5-8-3-1-2-4-11(8)17-12/h1-7,17H. The number of H-pyrrole nitrogens is 1. The van der Waals surface area contributed by atoms with E-state index in [4.69, 9.17) is 11.6 Å². The monoisotopic (exact) mass is 338 g/mol. The molecule has 0 aliphatic carbocycles. The van der Waals surface area contributed by atoms with Gasteiger partial charge < -0.3 is 4.98 Å². The Balaban J connectivity index is 1.96. The van der Waals surface area contributed by atoms with E-state index in [0.29, 0.717) is 5.02 Å². The molecular weight excluding hydrogens is 332 g/mol. The number of halogens is 2. The van der Waals surface area contributed by atoms with E-state index in [1.165, 1.54) is 17.1 Å². The fraction of sp³-hybridized carbons (Fsp3) is 0. The van der Waals surface area contributed by atoms with Crippen molar-refractivity contribution >= 4 is 50.2 Å². The van der Waals surface area contributed by atoms with Crippen LogP contribution in [0.1, 0.15) is 0 Å². The predicted molar refractivity (Wildman–Crippen MR) is 79.4 cm³/mol. The van der Waals surface area contributed by atoms with Gasteiger partial charge in [0.05, 0.1) is 10.0 Å². The van der Waals surface area contributed by atoms with E-state index in [9.17, 15) is 0 Å². The lowest BCUT2D eigenvalue weighted by Gasteiger charge is -2.01. The average molecular weight is 340 g/mol. The van der Waals surface area contributed by atoms with E-state index >= 15 is 0 Å². The van der Waals surface area contributed by atoms with Crippen molar-refractivity contribution in [1.82, 2.24) is 9.97 Å². The van der Waals surface area contributed by atoms with Crippen molar-refractivity contribution in [2.24, 2.45) is 0 Å². The molecule has 0 fully saturated rings. The molecule has 0 bridgehead atoms. The van der Waals surface area contributed by atoms with E-state index in [1.54, 1.807) is 6.20 Å². The molecule has 3 rings (SSSR count). The minimum absolute atomic E-state index is 0.646. The minimum Gasteiger partial charge on any atom is -0.349 e. The van der Waals surface area contributed by atoms with Crippen molar-refractivity contribution in [3.63, 3.8) is 0 Å². The maximum Gasteiger partial charge on any atom is 0.121 e. The molecule has 18 heavy (non-hydrogen) atoms. The Morgan fingerprint density at radius 2 is 2.06 bits per heavy atom. The van der Waals surface area contributed by atoms with Crippen LogP contribution in [0.2, 0.25) is 5.02 Å². The number of hydrogen-bond donors (Lipinski definition) is 1. The molecular formula is C13H8BrClN2S. The summed E-state index contributed by atoms with van der Waals surface area (Å²) in [5.74, 6) is 0. The van der Waals surface area contributed by atoms with Crippen LogP contribution in [-0.4, -0.2) is 9.97 Å². The molecule has 90 valence electrons. The minimum atomic E-state index is 0.646. The fourth-order valence-electron chi connectivity index (χ4n) is 1.68. The van der Waals surface area contributed by atoms with Gasteiger partial charge in [-0.25, -0.2) is 4.98 Å². The Kier molecular flexibility index (Phi) is 3.33. The number of para-hydroxylation sites is 1. The molecule has 0 atom stereocenters.